The number of fused-ring (bicyclic) bond motifs is 1. The Hall–Kier alpha value is -2.35. The summed E-state index contributed by atoms with van der Waals surface area (Å²) in [5, 5.41) is 2.29. The number of aryl methyl sites for hydroxylation is 2. The van der Waals surface area contributed by atoms with Gasteiger partial charge in [-0.25, -0.2) is 0 Å². The number of nitrogens with two attached hydrogens (primary N) is 1. The first-order valence-corrected chi connectivity index (χ1v) is 7.00. The summed E-state index contributed by atoms with van der Waals surface area (Å²) < 4.78 is 0. The molecule has 3 aromatic rings. The second-order valence-corrected chi connectivity index (χ2v) is 5.04. The Bertz CT molecular complexity index is 700. The van der Waals surface area contributed by atoms with Crippen LogP contribution in [0.4, 0.5) is 5.69 Å². The first-order chi connectivity index (χ1) is 9.84. The van der Waals surface area contributed by atoms with Crippen molar-refractivity contribution in [2.45, 2.75) is 19.3 Å². The van der Waals surface area contributed by atoms with Crippen molar-refractivity contribution in [1.82, 2.24) is 4.98 Å². The van der Waals surface area contributed by atoms with Crippen molar-refractivity contribution < 1.29 is 0 Å². The van der Waals surface area contributed by atoms with E-state index in [2.05, 4.69) is 41.4 Å². The molecule has 2 heteroatoms. The van der Waals surface area contributed by atoms with Crippen LogP contribution in [0.3, 0.4) is 0 Å². The quantitative estimate of drug-likeness (QED) is 0.722. The number of hydrogen-bond donors (Lipinski definition) is 1. The van der Waals surface area contributed by atoms with Gasteiger partial charge in [-0.1, -0.05) is 42.5 Å². The lowest BCUT2D eigenvalue weighted by molar-refractivity contribution is 0.805. The van der Waals surface area contributed by atoms with Crippen LogP contribution >= 0.6 is 0 Å². The van der Waals surface area contributed by atoms with Crippen molar-refractivity contribution in [3.05, 3.63) is 72.1 Å². The van der Waals surface area contributed by atoms with E-state index in [1.54, 1.807) is 0 Å². The molecule has 2 nitrogen and oxygen atoms in total. The molecule has 0 saturated carbocycles. The summed E-state index contributed by atoms with van der Waals surface area (Å²) in [5.41, 5.74) is 9.41. The second kappa shape index (κ2) is 5.74. The molecule has 0 aliphatic rings. The average molecular weight is 262 g/mol. The van der Waals surface area contributed by atoms with Crippen LogP contribution in [0.2, 0.25) is 0 Å². The third-order valence-corrected chi connectivity index (χ3v) is 3.62. The second-order valence-electron chi connectivity index (χ2n) is 5.04. The minimum atomic E-state index is 0.824. The van der Waals surface area contributed by atoms with E-state index >= 15 is 0 Å². The van der Waals surface area contributed by atoms with Crippen LogP contribution in [0, 0.1) is 0 Å². The van der Waals surface area contributed by atoms with Gasteiger partial charge in [0, 0.05) is 17.3 Å². The summed E-state index contributed by atoms with van der Waals surface area (Å²) >= 11 is 0. The Kier molecular flexibility index (Phi) is 3.64. The lowest BCUT2D eigenvalue weighted by atomic mass is 10.0. The van der Waals surface area contributed by atoms with Crippen LogP contribution in [0.15, 0.2) is 60.8 Å². The molecule has 1 heterocycles. The van der Waals surface area contributed by atoms with E-state index in [9.17, 15) is 0 Å². The van der Waals surface area contributed by atoms with E-state index < -0.39 is 0 Å². The minimum absolute atomic E-state index is 0.824. The number of nitrogens with zero attached hydrogens (tertiary/aromatic N) is 1. The van der Waals surface area contributed by atoms with Crippen LogP contribution < -0.4 is 5.73 Å². The van der Waals surface area contributed by atoms with Gasteiger partial charge in [0.05, 0.1) is 5.69 Å². The summed E-state index contributed by atoms with van der Waals surface area (Å²) in [4.78, 5) is 4.52. The van der Waals surface area contributed by atoms with Gasteiger partial charge >= 0.3 is 0 Å². The third kappa shape index (κ3) is 2.64. The molecule has 20 heavy (non-hydrogen) atoms. The molecular weight excluding hydrogens is 244 g/mol. The molecule has 0 saturated heterocycles. The first kappa shape index (κ1) is 12.7. The SMILES string of the molecule is Nc1cccc2ccnc(CCCc3ccccc3)c12. The van der Waals surface area contributed by atoms with Crippen LogP contribution in [-0.4, -0.2) is 4.98 Å². The molecule has 3 rings (SSSR count). The molecule has 100 valence electrons. The highest BCUT2D eigenvalue weighted by molar-refractivity contribution is 5.94. The van der Waals surface area contributed by atoms with Crippen molar-refractivity contribution in [1.29, 1.82) is 0 Å². The Morgan fingerprint density at radius 3 is 2.55 bits per heavy atom. The van der Waals surface area contributed by atoms with Gasteiger partial charge in [-0.15, -0.1) is 0 Å². The van der Waals surface area contributed by atoms with Gasteiger partial charge in [0.1, 0.15) is 0 Å². The van der Waals surface area contributed by atoms with Crippen molar-refractivity contribution in [2.75, 3.05) is 5.73 Å². The van der Waals surface area contributed by atoms with Gasteiger partial charge < -0.3 is 5.73 Å². The van der Waals surface area contributed by atoms with Gasteiger partial charge in [0.15, 0.2) is 0 Å². The molecule has 0 unspecified atom stereocenters. The van der Waals surface area contributed by atoms with Crippen LogP contribution in [0.1, 0.15) is 17.7 Å². The van der Waals surface area contributed by atoms with E-state index in [1.807, 2.05) is 24.4 Å². The predicted molar refractivity (Wildman–Crippen MR) is 84.6 cm³/mol. The fraction of sp³-hybridized carbons (Fsp3) is 0.167. The number of nitrogen functional groups attached to an aromatic ring is 1. The van der Waals surface area contributed by atoms with E-state index in [-0.39, 0.29) is 0 Å². The molecule has 2 aromatic carbocycles. The van der Waals surface area contributed by atoms with Crippen molar-refractivity contribution in [3.8, 4) is 0 Å². The maximum absolute atomic E-state index is 6.10. The van der Waals surface area contributed by atoms with Crippen LogP contribution in [0.5, 0.6) is 0 Å². The molecule has 0 bridgehead atoms. The molecule has 0 atom stereocenters. The monoisotopic (exact) mass is 262 g/mol. The highest BCUT2D eigenvalue weighted by Gasteiger charge is 2.05. The normalized spacial score (nSPS) is 10.8. The van der Waals surface area contributed by atoms with Crippen molar-refractivity contribution in [3.63, 3.8) is 0 Å². The minimum Gasteiger partial charge on any atom is -0.398 e. The van der Waals surface area contributed by atoms with E-state index in [0.29, 0.717) is 0 Å². The molecule has 2 N–H and O–H groups in total. The third-order valence-electron chi connectivity index (χ3n) is 3.62. The summed E-state index contributed by atoms with van der Waals surface area (Å²) in [6.45, 7) is 0. The Balaban J connectivity index is 1.78. The summed E-state index contributed by atoms with van der Waals surface area (Å²) in [7, 11) is 0. The number of anilines is 1. The van der Waals surface area contributed by atoms with Gasteiger partial charge in [-0.2, -0.15) is 0 Å². The number of hydrogen-bond acceptors (Lipinski definition) is 2. The molecule has 1 aromatic heterocycles. The number of aromatic nitrogens is 1. The Morgan fingerprint density at radius 1 is 0.850 bits per heavy atom. The molecular formula is C18H18N2. The Labute approximate surface area is 119 Å². The summed E-state index contributed by atoms with van der Waals surface area (Å²) in [6, 6.07) is 18.6. The maximum atomic E-state index is 6.10. The largest absolute Gasteiger partial charge is 0.398 e. The zero-order valence-corrected chi connectivity index (χ0v) is 11.4. The summed E-state index contributed by atoms with van der Waals surface area (Å²) in [6.07, 6.45) is 5.00. The van der Waals surface area contributed by atoms with E-state index in [1.165, 1.54) is 10.9 Å². The first-order valence-electron chi connectivity index (χ1n) is 7.00. The number of benzene rings is 2. The van der Waals surface area contributed by atoms with Gasteiger partial charge in [-0.05, 0) is 42.3 Å². The van der Waals surface area contributed by atoms with Crippen LogP contribution in [-0.2, 0) is 12.8 Å². The van der Waals surface area contributed by atoms with Crippen LogP contribution in [0.25, 0.3) is 10.8 Å². The zero-order chi connectivity index (χ0) is 13.8. The van der Waals surface area contributed by atoms with E-state index in [0.717, 1.165) is 36.0 Å². The summed E-state index contributed by atoms with van der Waals surface area (Å²) in [5.74, 6) is 0. The standard InChI is InChI=1S/C18H18N2/c19-16-10-5-9-15-12-13-20-17(18(15)16)11-4-8-14-6-2-1-3-7-14/h1-3,5-7,9-10,12-13H,4,8,11,19H2. The lowest BCUT2D eigenvalue weighted by Crippen LogP contribution is -1.97. The lowest BCUT2D eigenvalue weighted by Gasteiger charge is -2.08. The van der Waals surface area contributed by atoms with Gasteiger partial charge in [0.25, 0.3) is 0 Å². The smallest absolute Gasteiger partial charge is 0.0502 e. The van der Waals surface area contributed by atoms with Crippen molar-refractivity contribution in [2.24, 2.45) is 0 Å². The molecule has 0 amide bonds. The number of rotatable bonds is 4. The average Bonchev–Trinajstić information content (AvgIpc) is 2.49. The zero-order valence-electron chi connectivity index (χ0n) is 11.4. The molecule has 0 radical (unpaired) electrons. The topological polar surface area (TPSA) is 38.9 Å². The molecule has 0 spiro atoms. The molecule has 0 aliphatic carbocycles. The molecule has 0 fully saturated rings. The van der Waals surface area contributed by atoms with Gasteiger partial charge in [-0.3, -0.25) is 4.98 Å². The molecule has 0 aliphatic heterocycles. The highest BCUT2D eigenvalue weighted by atomic mass is 14.7. The highest BCUT2D eigenvalue weighted by Crippen LogP contribution is 2.24. The fourth-order valence-electron chi connectivity index (χ4n) is 2.63. The number of pyridine rings is 1. The Morgan fingerprint density at radius 2 is 1.70 bits per heavy atom. The van der Waals surface area contributed by atoms with Crippen molar-refractivity contribution >= 4 is 16.5 Å². The maximum Gasteiger partial charge on any atom is 0.0502 e. The van der Waals surface area contributed by atoms with Gasteiger partial charge in [0.2, 0.25) is 0 Å². The van der Waals surface area contributed by atoms with E-state index in [4.69, 9.17) is 5.73 Å². The predicted octanol–water partition coefficient (Wildman–Crippen LogP) is 3.99. The fourth-order valence-corrected chi connectivity index (χ4v) is 2.63.